The quantitative estimate of drug-likeness (QED) is 0.783. The van der Waals surface area contributed by atoms with Crippen LogP contribution >= 0.6 is 0 Å². The average Bonchev–Trinajstić information content (AvgIpc) is 2.89. The Bertz CT molecular complexity index is 813. The number of hydrogen-bond donors (Lipinski definition) is 1. The summed E-state index contributed by atoms with van der Waals surface area (Å²) in [6.45, 7) is 0.0620. The summed E-state index contributed by atoms with van der Waals surface area (Å²) < 4.78 is 5.55. The lowest BCUT2D eigenvalue weighted by molar-refractivity contribution is 0.0694. The summed E-state index contributed by atoms with van der Waals surface area (Å²) in [5.74, 6) is -0.357. The second-order valence-electron chi connectivity index (χ2n) is 4.45. The van der Waals surface area contributed by atoms with E-state index in [1.165, 1.54) is 4.80 Å². The number of tetrazole rings is 1. The molecule has 1 N–H and O–H groups in total. The van der Waals surface area contributed by atoms with Crippen LogP contribution in [-0.4, -0.2) is 31.3 Å². The molecule has 0 saturated heterocycles. The van der Waals surface area contributed by atoms with Gasteiger partial charge in [0.2, 0.25) is 5.82 Å². The first-order valence-electron chi connectivity index (χ1n) is 6.26. The van der Waals surface area contributed by atoms with Gasteiger partial charge in [0.05, 0.1) is 7.05 Å². The Morgan fingerprint density at radius 2 is 2.10 bits per heavy atom. The first-order chi connectivity index (χ1) is 10.1. The zero-order chi connectivity index (χ0) is 14.8. The highest BCUT2D eigenvalue weighted by Gasteiger charge is 2.16. The predicted octanol–water partition coefficient (Wildman–Crippen LogP) is 1.64. The largest absolute Gasteiger partial charge is 0.485 e. The third-order valence-electron chi connectivity index (χ3n) is 3.01. The van der Waals surface area contributed by atoms with Crippen molar-refractivity contribution in [3.63, 3.8) is 0 Å². The Morgan fingerprint density at radius 1 is 1.29 bits per heavy atom. The number of carbonyl (C=O) groups is 1. The fraction of sp³-hybridized carbons (Fsp3) is 0.143. The van der Waals surface area contributed by atoms with Crippen LogP contribution in [0.25, 0.3) is 10.8 Å². The smallest absolute Gasteiger partial charge is 0.340 e. The van der Waals surface area contributed by atoms with Crippen molar-refractivity contribution in [2.24, 2.45) is 7.05 Å². The van der Waals surface area contributed by atoms with E-state index < -0.39 is 5.97 Å². The summed E-state index contributed by atoms with van der Waals surface area (Å²) in [5.41, 5.74) is 0.136. The molecule has 0 unspecified atom stereocenters. The number of ether oxygens (including phenoxy) is 1. The van der Waals surface area contributed by atoms with Crippen molar-refractivity contribution in [3.05, 3.63) is 47.8 Å². The Labute approximate surface area is 119 Å². The van der Waals surface area contributed by atoms with Gasteiger partial charge in [-0.15, -0.1) is 10.2 Å². The number of hydrogen-bond acceptors (Lipinski definition) is 5. The van der Waals surface area contributed by atoms with Crippen LogP contribution in [0.4, 0.5) is 0 Å². The summed E-state index contributed by atoms with van der Waals surface area (Å²) in [6.07, 6.45) is 0. The average molecular weight is 284 g/mol. The van der Waals surface area contributed by atoms with Crippen LogP contribution in [0, 0.1) is 0 Å². The van der Waals surface area contributed by atoms with Gasteiger partial charge >= 0.3 is 5.97 Å². The molecule has 0 spiro atoms. The topological polar surface area (TPSA) is 90.1 Å². The number of nitrogens with zero attached hydrogens (tertiary/aromatic N) is 4. The van der Waals surface area contributed by atoms with E-state index >= 15 is 0 Å². The van der Waals surface area contributed by atoms with Gasteiger partial charge in [-0.3, -0.25) is 0 Å². The maximum absolute atomic E-state index is 11.5. The molecule has 0 aliphatic rings. The molecule has 21 heavy (non-hydrogen) atoms. The van der Waals surface area contributed by atoms with Crippen molar-refractivity contribution in [1.29, 1.82) is 0 Å². The molecule has 3 aromatic rings. The summed E-state index contributed by atoms with van der Waals surface area (Å²) in [7, 11) is 1.65. The van der Waals surface area contributed by atoms with Gasteiger partial charge in [0.15, 0.2) is 6.61 Å². The molecule has 2 aromatic carbocycles. The first kappa shape index (κ1) is 13.0. The maximum Gasteiger partial charge on any atom is 0.340 e. The standard InChI is InChI=1S/C14H12N4O3/c1-18-16-12(15-17-18)8-21-11-7-6-9-4-2-3-5-10(9)13(11)14(19)20/h2-7H,8H2,1H3,(H,19,20). The van der Waals surface area contributed by atoms with Crippen LogP contribution < -0.4 is 4.74 Å². The molecule has 0 radical (unpaired) electrons. The van der Waals surface area contributed by atoms with Gasteiger partial charge in [0, 0.05) is 0 Å². The summed E-state index contributed by atoms with van der Waals surface area (Å²) in [4.78, 5) is 12.8. The second kappa shape index (κ2) is 5.20. The minimum atomic E-state index is -1.03. The van der Waals surface area contributed by atoms with E-state index in [-0.39, 0.29) is 17.9 Å². The number of rotatable bonds is 4. The summed E-state index contributed by atoms with van der Waals surface area (Å²) in [6, 6.07) is 10.7. The number of carboxylic acids is 1. The minimum absolute atomic E-state index is 0.0620. The van der Waals surface area contributed by atoms with Gasteiger partial charge in [-0.1, -0.05) is 30.3 Å². The molecule has 1 heterocycles. The van der Waals surface area contributed by atoms with E-state index in [4.69, 9.17) is 4.74 Å². The Morgan fingerprint density at radius 3 is 2.81 bits per heavy atom. The highest BCUT2D eigenvalue weighted by Crippen LogP contribution is 2.28. The van der Waals surface area contributed by atoms with Crippen molar-refractivity contribution in [3.8, 4) is 5.75 Å². The van der Waals surface area contributed by atoms with Crippen LogP contribution in [0.3, 0.4) is 0 Å². The number of benzene rings is 2. The maximum atomic E-state index is 11.5. The molecule has 1 aromatic heterocycles. The number of carboxylic acid groups (broad SMARTS) is 1. The molecule has 0 amide bonds. The fourth-order valence-corrected chi connectivity index (χ4v) is 2.12. The SMILES string of the molecule is Cn1nnc(COc2ccc3ccccc3c2C(=O)O)n1. The molecule has 3 rings (SSSR count). The van der Waals surface area contributed by atoms with E-state index in [0.717, 1.165) is 5.39 Å². The molecule has 0 bridgehead atoms. The zero-order valence-corrected chi connectivity index (χ0v) is 11.2. The van der Waals surface area contributed by atoms with Crippen LogP contribution in [0.5, 0.6) is 5.75 Å². The number of aryl methyl sites for hydroxylation is 1. The van der Waals surface area contributed by atoms with Gasteiger partial charge in [0.25, 0.3) is 0 Å². The Hall–Kier alpha value is -2.96. The van der Waals surface area contributed by atoms with Crippen LogP contribution in [-0.2, 0) is 13.7 Å². The van der Waals surface area contributed by atoms with Crippen LogP contribution in [0.2, 0.25) is 0 Å². The minimum Gasteiger partial charge on any atom is -0.485 e. The first-order valence-corrected chi connectivity index (χ1v) is 6.26. The normalized spacial score (nSPS) is 10.7. The number of fused-ring (bicyclic) bond motifs is 1. The molecule has 0 aliphatic carbocycles. The monoisotopic (exact) mass is 284 g/mol. The summed E-state index contributed by atoms with van der Waals surface area (Å²) in [5, 5.41) is 22.4. The van der Waals surface area contributed by atoms with Gasteiger partial charge in [-0.05, 0) is 22.1 Å². The highest BCUT2D eigenvalue weighted by molar-refractivity contribution is 6.06. The third-order valence-corrected chi connectivity index (χ3v) is 3.01. The van der Waals surface area contributed by atoms with Crippen molar-refractivity contribution in [1.82, 2.24) is 20.2 Å². The van der Waals surface area contributed by atoms with Gasteiger partial charge < -0.3 is 9.84 Å². The molecule has 0 atom stereocenters. The summed E-state index contributed by atoms with van der Waals surface area (Å²) >= 11 is 0. The molecule has 106 valence electrons. The van der Waals surface area contributed by atoms with E-state index in [2.05, 4.69) is 15.4 Å². The number of aromatic carboxylic acids is 1. The molecule has 0 saturated carbocycles. The Kier molecular flexibility index (Phi) is 3.23. The van der Waals surface area contributed by atoms with E-state index in [1.807, 2.05) is 18.2 Å². The van der Waals surface area contributed by atoms with Crippen molar-refractivity contribution in [2.45, 2.75) is 6.61 Å². The van der Waals surface area contributed by atoms with Crippen molar-refractivity contribution in [2.75, 3.05) is 0 Å². The Balaban J connectivity index is 1.97. The lowest BCUT2D eigenvalue weighted by Gasteiger charge is -2.10. The second-order valence-corrected chi connectivity index (χ2v) is 4.45. The molecular formula is C14H12N4O3. The zero-order valence-electron chi connectivity index (χ0n) is 11.2. The molecule has 0 fully saturated rings. The van der Waals surface area contributed by atoms with E-state index in [9.17, 15) is 9.90 Å². The fourth-order valence-electron chi connectivity index (χ4n) is 2.12. The van der Waals surface area contributed by atoms with Gasteiger partial charge in [-0.2, -0.15) is 4.80 Å². The lowest BCUT2D eigenvalue weighted by atomic mass is 10.0. The van der Waals surface area contributed by atoms with Crippen LogP contribution in [0.1, 0.15) is 16.2 Å². The van der Waals surface area contributed by atoms with Crippen molar-refractivity contribution < 1.29 is 14.6 Å². The lowest BCUT2D eigenvalue weighted by Crippen LogP contribution is -2.05. The van der Waals surface area contributed by atoms with E-state index in [0.29, 0.717) is 11.2 Å². The van der Waals surface area contributed by atoms with E-state index in [1.54, 1.807) is 25.2 Å². The third kappa shape index (κ3) is 2.53. The highest BCUT2D eigenvalue weighted by atomic mass is 16.5. The number of aromatic nitrogens is 4. The van der Waals surface area contributed by atoms with Crippen LogP contribution in [0.15, 0.2) is 36.4 Å². The molecule has 0 aliphatic heterocycles. The van der Waals surface area contributed by atoms with Crippen molar-refractivity contribution >= 4 is 16.7 Å². The van der Waals surface area contributed by atoms with Gasteiger partial charge in [0.1, 0.15) is 11.3 Å². The molecule has 7 heteroatoms. The van der Waals surface area contributed by atoms with Gasteiger partial charge in [-0.25, -0.2) is 4.79 Å². The predicted molar refractivity (Wildman–Crippen MR) is 74.0 cm³/mol. The molecule has 7 nitrogen and oxygen atoms in total. The molecular weight excluding hydrogens is 272 g/mol.